The Morgan fingerprint density at radius 3 is 3.15 bits per heavy atom. The minimum absolute atomic E-state index is 0.00993. The predicted molar refractivity (Wildman–Crippen MR) is 80.4 cm³/mol. The van der Waals surface area contributed by atoms with Gasteiger partial charge >= 0.3 is 0 Å². The molecule has 1 saturated heterocycles. The van der Waals surface area contributed by atoms with Gasteiger partial charge in [0.25, 0.3) is 0 Å². The van der Waals surface area contributed by atoms with Crippen LogP contribution < -0.4 is 15.4 Å². The molecular weight excluding hydrogens is 274 g/mol. The van der Waals surface area contributed by atoms with E-state index in [1.54, 1.807) is 7.11 Å². The molecule has 2 heterocycles. The number of carbonyl (C=O) groups is 1. The number of carbonyl (C=O) groups excluding carboxylic acids is 1. The fourth-order valence-corrected chi connectivity index (χ4v) is 3.25. The molecular formula is C14H17N3O2S. The zero-order valence-electron chi connectivity index (χ0n) is 11.3. The number of benzene rings is 1. The zero-order valence-corrected chi connectivity index (χ0v) is 12.1. The maximum absolute atomic E-state index is 12.1. The number of rotatable bonds is 3. The number of nitrogens with one attached hydrogen (secondary N) is 2. The Morgan fingerprint density at radius 1 is 1.50 bits per heavy atom. The number of thiazole rings is 1. The van der Waals surface area contributed by atoms with Crippen LogP contribution in [0.4, 0.5) is 5.13 Å². The van der Waals surface area contributed by atoms with Crippen LogP contribution in [0, 0.1) is 0 Å². The molecule has 2 aromatic rings. The SMILES string of the molecule is COc1ccc2nc(NC(=O)C3CCCCN3)sc2c1. The van der Waals surface area contributed by atoms with E-state index in [0.717, 1.165) is 41.8 Å². The van der Waals surface area contributed by atoms with Crippen LogP contribution in [0.15, 0.2) is 18.2 Å². The summed E-state index contributed by atoms with van der Waals surface area (Å²) in [5, 5.41) is 6.78. The van der Waals surface area contributed by atoms with Crippen LogP contribution >= 0.6 is 11.3 Å². The molecule has 1 aliphatic heterocycles. The highest BCUT2D eigenvalue weighted by molar-refractivity contribution is 7.22. The van der Waals surface area contributed by atoms with E-state index >= 15 is 0 Å². The van der Waals surface area contributed by atoms with Crippen molar-refractivity contribution in [1.29, 1.82) is 0 Å². The summed E-state index contributed by atoms with van der Waals surface area (Å²) in [4.78, 5) is 16.6. The first-order valence-electron chi connectivity index (χ1n) is 6.75. The molecule has 0 spiro atoms. The van der Waals surface area contributed by atoms with Gasteiger partial charge in [0.2, 0.25) is 5.91 Å². The number of aromatic nitrogens is 1. The fraction of sp³-hybridized carbons (Fsp3) is 0.429. The molecule has 1 amide bonds. The summed E-state index contributed by atoms with van der Waals surface area (Å²) in [6.07, 6.45) is 3.14. The van der Waals surface area contributed by atoms with E-state index in [-0.39, 0.29) is 11.9 Å². The van der Waals surface area contributed by atoms with Gasteiger partial charge in [-0.1, -0.05) is 17.8 Å². The third-order valence-corrected chi connectivity index (χ3v) is 4.39. The Kier molecular flexibility index (Phi) is 3.84. The lowest BCUT2D eigenvalue weighted by molar-refractivity contribution is -0.118. The smallest absolute Gasteiger partial charge is 0.243 e. The Balaban J connectivity index is 1.75. The minimum atomic E-state index is -0.0923. The van der Waals surface area contributed by atoms with Crippen molar-refractivity contribution in [3.8, 4) is 5.75 Å². The molecule has 6 heteroatoms. The summed E-state index contributed by atoms with van der Waals surface area (Å²) < 4.78 is 6.20. The van der Waals surface area contributed by atoms with Crippen LogP contribution in [-0.4, -0.2) is 30.6 Å². The van der Waals surface area contributed by atoms with Gasteiger partial charge in [-0.3, -0.25) is 4.79 Å². The van der Waals surface area contributed by atoms with Crippen molar-refractivity contribution < 1.29 is 9.53 Å². The van der Waals surface area contributed by atoms with Crippen LogP contribution in [0.25, 0.3) is 10.2 Å². The zero-order chi connectivity index (χ0) is 13.9. The number of ether oxygens (including phenoxy) is 1. The van der Waals surface area contributed by atoms with E-state index in [1.165, 1.54) is 11.3 Å². The number of anilines is 1. The normalized spacial score (nSPS) is 18.9. The van der Waals surface area contributed by atoms with Gasteiger partial charge in [0.15, 0.2) is 5.13 Å². The summed E-state index contributed by atoms with van der Waals surface area (Å²) in [6.45, 7) is 0.912. The molecule has 0 saturated carbocycles. The molecule has 1 unspecified atom stereocenters. The number of amides is 1. The van der Waals surface area contributed by atoms with Crippen LogP contribution in [0.2, 0.25) is 0 Å². The molecule has 20 heavy (non-hydrogen) atoms. The predicted octanol–water partition coefficient (Wildman–Crippen LogP) is 2.39. The molecule has 5 nitrogen and oxygen atoms in total. The van der Waals surface area contributed by atoms with Crippen LogP contribution in [-0.2, 0) is 4.79 Å². The average molecular weight is 291 g/mol. The summed E-state index contributed by atoms with van der Waals surface area (Å²) in [5.41, 5.74) is 0.878. The Bertz CT molecular complexity index is 620. The van der Waals surface area contributed by atoms with Gasteiger partial charge in [-0.25, -0.2) is 4.98 Å². The van der Waals surface area contributed by atoms with E-state index in [0.29, 0.717) is 5.13 Å². The molecule has 1 aliphatic rings. The Labute approximate surface area is 121 Å². The van der Waals surface area contributed by atoms with Crippen molar-refractivity contribution >= 4 is 32.6 Å². The summed E-state index contributed by atoms with van der Waals surface area (Å²) in [5.74, 6) is 0.809. The van der Waals surface area contributed by atoms with Crippen LogP contribution in [0.5, 0.6) is 5.75 Å². The highest BCUT2D eigenvalue weighted by atomic mass is 32.1. The summed E-state index contributed by atoms with van der Waals surface area (Å²) in [6, 6.07) is 5.61. The Hall–Kier alpha value is -1.66. The summed E-state index contributed by atoms with van der Waals surface area (Å²) >= 11 is 1.47. The molecule has 1 atom stereocenters. The number of nitrogens with zero attached hydrogens (tertiary/aromatic N) is 1. The van der Waals surface area contributed by atoms with Crippen molar-refractivity contribution in [2.45, 2.75) is 25.3 Å². The molecule has 3 rings (SSSR count). The molecule has 1 fully saturated rings. The monoisotopic (exact) mass is 291 g/mol. The molecule has 1 aromatic heterocycles. The topological polar surface area (TPSA) is 63.2 Å². The standard InChI is InChI=1S/C14H17N3O2S/c1-19-9-5-6-10-12(8-9)20-14(16-10)17-13(18)11-4-2-3-7-15-11/h5-6,8,11,15H,2-4,7H2,1H3,(H,16,17,18). The van der Waals surface area contributed by atoms with Crippen molar-refractivity contribution in [2.75, 3.05) is 19.0 Å². The first kappa shape index (κ1) is 13.3. The third-order valence-electron chi connectivity index (χ3n) is 3.45. The minimum Gasteiger partial charge on any atom is -0.497 e. The molecule has 106 valence electrons. The summed E-state index contributed by atoms with van der Waals surface area (Å²) in [7, 11) is 1.64. The van der Waals surface area contributed by atoms with Gasteiger partial charge in [0.1, 0.15) is 5.75 Å². The van der Waals surface area contributed by atoms with Crippen molar-refractivity contribution in [3.05, 3.63) is 18.2 Å². The number of methoxy groups -OCH3 is 1. The first-order chi connectivity index (χ1) is 9.76. The van der Waals surface area contributed by atoms with E-state index in [9.17, 15) is 4.79 Å². The third kappa shape index (κ3) is 2.76. The lowest BCUT2D eigenvalue weighted by Crippen LogP contribution is -2.43. The number of fused-ring (bicyclic) bond motifs is 1. The molecule has 0 radical (unpaired) electrons. The van der Waals surface area contributed by atoms with Gasteiger partial charge in [0, 0.05) is 0 Å². The maximum atomic E-state index is 12.1. The highest BCUT2D eigenvalue weighted by Gasteiger charge is 2.21. The largest absolute Gasteiger partial charge is 0.497 e. The first-order valence-corrected chi connectivity index (χ1v) is 7.57. The van der Waals surface area contributed by atoms with E-state index in [2.05, 4.69) is 15.6 Å². The average Bonchev–Trinajstić information content (AvgIpc) is 2.89. The van der Waals surface area contributed by atoms with Gasteiger partial charge in [0.05, 0.1) is 23.4 Å². The molecule has 0 bridgehead atoms. The fourth-order valence-electron chi connectivity index (χ4n) is 2.35. The van der Waals surface area contributed by atoms with Gasteiger partial charge in [-0.05, 0) is 37.6 Å². The number of piperidine rings is 1. The second kappa shape index (κ2) is 5.76. The Morgan fingerprint density at radius 2 is 2.40 bits per heavy atom. The van der Waals surface area contributed by atoms with Gasteiger partial charge in [-0.2, -0.15) is 0 Å². The van der Waals surface area contributed by atoms with Crippen molar-refractivity contribution in [2.24, 2.45) is 0 Å². The molecule has 0 aliphatic carbocycles. The van der Waals surface area contributed by atoms with Gasteiger partial charge in [-0.15, -0.1) is 0 Å². The van der Waals surface area contributed by atoms with E-state index in [1.807, 2.05) is 18.2 Å². The van der Waals surface area contributed by atoms with Crippen LogP contribution in [0.3, 0.4) is 0 Å². The second-order valence-corrected chi connectivity index (χ2v) is 5.88. The highest BCUT2D eigenvalue weighted by Crippen LogP contribution is 2.29. The lowest BCUT2D eigenvalue weighted by atomic mass is 10.0. The molecule has 2 N–H and O–H groups in total. The van der Waals surface area contributed by atoms with Crippen LogP contribution in [0.1, 0.15) is 19.3 Å². The van der Waals surface area contributed by atoms with Gasteiger partial charge < -0.3 is 15.4 Å². The number of hydrogen-bond acceptors (Lipinski definition) is 5. The van der Waals surface area contributed by atoms with E-state index < -0.39 is 0 Å². The maximum Gasteiger partial charge on any atom is 0.243 e. The quantitative estimate of drug-likeness (QED) is 0.911. The number of hydrogen-bond donors (Lipinski definition) is 2. The van der Waals surface area contributed by atoms with E-state index in [4.69, 9.17) is 4.74 Å². The second-order valence-electron chi connectivity index (χ2n) is 4.84. The lowest BCUT2D eigenvalue weighted by Gasteiger charge is -2.21. The van der Waals surface area contributed by atoms with Crippen molar-refractivity contribution in [1.82, 2.24) is 10.3 Å². The molecule has 1 aromatic carbocycles. The van der Waals surface area contributed by atoms with Crippen molar-refractivity contribution in [3.63, 3.8) is 0 Å².